The summed E-state index contributed by atoms with van der Waals surface area (Å²) in [7, 11) is 0. The van der Waals surface area contributed by atoms with Gasteiger partial charge in [-0.15, -0.1) is 0 Å². The standard InChI is InChI=1S/C37H49N3O7/c41-25-33-20-12-22-40(33)34(42)24-30-17-8-3-9-18-31(23-28-13-4-1-5-14-28)36(44)46-27-32(39-35(30)43)19-10-11-21-38-37(45)47-26-29-15-6-2-7-16-29/h1-8,13-16,30-33,41H,9-12,17-27H2,(H,38,45)(H,39,43)/t30-,31-,32+,33+/m1/s1. The number of carbonyl (C=O) groups is 4. The van der Waals surface area contributed by atoms with Crippen molar-refractivity contribution in [2.24, 2.45) is 11.8 Å². The summed E-state index contributed by atoms with van der Waals surface area (Å²) in [4.78, 5) is 53.9. The summed E-state index contributed by atoms with van der Waals surface area (Å²) in [5.74, 6) is -1.59. The smallest absolute Gasteiger partial charge is 0.407 e. The first kappa shape index (κ1) is 35.7. The van der Waals surface area contributed by atoms with Crippen LogP contribution in [0.4, 0.5) is 4.79 Å². The van der Waals surface area contributed by atoms with Crippen LogP contribution < -0.4 is 10.6 Å². The fourth-order valence-electron chi connectivity index (χ4n) is 6.14. The third kappa shape index (κ3) is 12.2. The van der Waals surface area contributed by atoms with E-state index in [0.29, 0.717) is 58.0 Å². The molecule has 0 bridgehead atoms. The van der Waals surface area contributed by atoms with Gasteiger partial charge in [-0.05, 0) is 68.9 Å². The molecule has 0 unspecified atom stereocenters. The zero-order valence-corrected chi connectivity index (χ0v) is 27.2. The minimum absolute atomic E-state index is 0.0230. The monoisotopic (exact) mass is 647 g/mol. The van der Waals surface area contributed by atoms with E-state index in [4.69, 9.17) is 9.47 Å². The van der Waals surface area contributed by atoms with E-state index in [0.717, 1.165) is 24.0 Å². The summed E-state index contributed by atoms with van der Waals surface area (Å²) in [6, 6.07) is 18.7. The number of carbonyl (C=O) groups excluding carboxylic acids is 4. The molecular weight excluding hydrogens is 598 g/mol. The van der Waals surface area contributed by atoms with E-state index in [1.807, 2.05) is 72.8 Å². The van der Waals surface area contributed by atoms with Crippen molar-refractivity contribution in [2.75, 3.05) is 26.3 Å². The summed E-state index contributed by atoms with van der Waals surface area (Å²) in [6.07, 6.45) is 9.11. The SMILES string of the molecule is O=C(NCCCC[C@H]1COC(=O)[C@@H](Cc2ccccc2)CCC=CC[C@H](CC(=O)N2CCC[C@H]2CO)C(=O)N1)OCc1ccccc1. The van der Waals surface area contributed by atoms with E-state index in [9.17, 15) is 24.3 Å². The summed E-state index contributed by atoms with van der Waals surface area (Å²) >= 11 is 0. The first-order chi connectivity index (χ1) is 22.9. The molecule has 2 aliphatic heterocycles. The van der Waals surface area contributed by atoms with Crippen molar-refractivity contribution in [2.45, 2.75) is 82.9 Å². The van der Waals surface area contributed by atoms with Crippen LogP contribution >= 0.6 is 0 Å². The Morgan fingerprint density at radius 2 is 1.70 bits per heavy atom. The van der Waals surface area contributed by atoms with Crippen LogP contribution in [-0.4, -0.2) is 72.3 Å². The maximum absolute atomic E-state index is 13.6. The molecule has 2 heterocycles. The van der Waals surface area contributed by atoms with Crippen LogP contribution in [0, 0.1) is 11.8 Å². The Kier molecular flexibility index (Phi) is 14.8. The number of alkyl carbamates (subject to hydrolysis) is 1. The van der Waals surface area contributed by atoms with Crippen molar-refractivity contribution >= 4 is 23.9 Å². The number of likely N-dealkylation sites (tertiary alicyclic amines) is 1. The number of nitrogens with one attached hydrogen (secondary N) is 2. The van der Waals surface area contributed by atoms with Crippen molar-refractivity contribution in [3.8, 4) is 0 Å². The maximum atomic E-state index is 13.6. The highest BCUT2D eigenvalue weighted by molar-refractivity contribution is 5.86. The Balaban J connectivity index is 1.36. The largest absolute Gasteiger partial charge is 0.463 e. The number of allylic oxidation sites excluding steroid dienone is 2. The minimum atomic E-state index is -0.584. The molecule has 254 valence electrons. The Hall–Kier alpha value is -4.18. The normalized spacial score (nSPS) is 22.3. The number of cyclic esters (lactones) is 1. The Labute approximate surface area is 277 Å². The van der Waals surface area contributed by atoms with Crippen molar-refractivity contribution in [3.63, 3.8) is 0 Å². The third-order valence-corrected chi connectivity index (χ3v) is 8.86. The molecule has 0 aliphatic carbocycles. The lowest BCUT2D eigenvalue weighted by molar-refractivity contribution is -0.150. The number of unbranched alkanes of at least 4 members (excludes halogenated alkanes) is 1. The van der Waals surface area contributed by atoms with Gasteiger partial charge in [0.2, 0.25) is 11.8 Å². The predicted molar refractivity (Wildman–Crippen MR) is 178 cm³/mol. The van der Waals surface area contributed by atoms with Gasteiger partial charge in [-0.1, -0.05) is 72.8 Å². The van der Waals surface area contributed by atoms with E-state index in [-0.39, 0.29) is 56.0 Å². The number of hydrogen-bond donors (Lipinski definition) is 3. The molecule has 1 fully saturated rings. The number of esters is 1. The van der Waals surface area contributed by atoms with Crippen LogP contribution in [-0.2, 0) is 36.9 Å². The molecule has 0 spiro atoms. The second-order valence-corrected chi connectivity index (χ2v) is 12.5. The second kappa shape index (κ2) is 19.5. The van der Waals surface area contributed by atoms with Crippen LogP contribution in [0.15, 0.2) is 72.8 Å². The zero-order valence-electron chi connectivity index (χ0n) is 27.2. The van der Waals surface area contributed by atoms with E-state index >= 15 is 0 Å². The lowest BCUT2D eigenvalue weighted by Gasteiger charge is -2.26. The Bertz CT molecular complexity index is 1300. The Morgan fingerprint density at radius 1 is 0.957 bits per heavy atom. The molecular formula is C37H49N3O7. The molecule has 1 saturated heterocycles. The Morgan fingerprint density at radius 3 is 2.45 bits per heavy atom. The number of ether oxygens (including phenoxy) is 2. The van der Waals surface area contributed by atoms with E-state index in [1.165, 1.54) is 0 Å². The molecule has 4 atom stereocenters. The molecule has 47 heavy (non-hydrogen) atoms. The van der Waals surface area contributed by atoms with Gasteiger partial charge in [0.1, 0.15) is 13.2 Å². The fourth-order valence-corrected chi connectivity index (χ4v) is 6.14. The average molecular weight is 648 g/mol. The second-order valence-electron chi connectivity index (χ2n) is 12.5. The van der Waals surface area contributed by atoms with Gasteiger partial charge in [-0.2, -0.15) is 0 Å². The highest BCUT2D eigenvalue weighted by Crippen LogP contribution is 2.23. The fraction of sp³-hybridized carbons (Fsp3) is 0.514. The first-order valence-corrected chi connectivity index (χ1v) is 16.9. The molecule has 2 aromatic carbocycles. The molecule has 3 N–H and O–H groups in total. The van der Waals surface area contributed by atoms with Gasteiger partial charge in [-0.3, -0.25) is 14.4 Å². The molecule has 0 radical (unpaired) electrons. The van der Waals surface area contributed by atoms with Crippen LogP contribution in [0.2, 0.25) is 0 Å². The number of aliphatic hydroxyl groups excluding tert-OH is 1. The molecule has 10 nitrogen and oxygen atoms in total. The average Bonchev–Trinajstić information content (AvgIpc) is 3.58. The lowest BCUT2D eigenvalue weighted by Crippen LogP contribution is -2.44. The number of amides is 3. The van der Waals surface area contributed by atoms with Crippen molar-refractivity contribution in [3.05, 3.63) is 83.9 Å². The molecule has 0 aromatic heterocycles. The lowest BCUT2D eigenvalue weighted by atomic mass is 9.94. The highest BCUT2D eigenvalue weighted by Gasteiger charge is 2.32. The molecule has 4 rings (SSSR count). The molecule has 10 heteroatoms. The van der Waals surface area contributed by atoms with E-state index in [2.05, 4.69) is 10.6 Å². The van der Waals surface area contributed by atoms with E-state index in [1.54, 1.807) is 4.90 Å². The summed E-state index contributed by atoms with van der Waals surface area (Å²) in [6.45, 7) is 1.12. The summed E-state index contributed by atoms with van der Waals surface area (Å²) in [5, 5.41) is 15.5. The third-order valence-electron chi connectivity index (χ3n) is 8.86. The van der Waals surface area contributed by atoms with Crippen LogP contribution in [0.3, 0.4) is 0 Å². The van der Waals surface area contributed by atoms with Gasteiger partial charge in [0.25, 0.3) is 0 Å². The van der Waals surface area contributed by atoms with Gasteiger partial charge in [0, 0.05) is 19.5 Å². The zero-order chi connectivity index (χ0) is 33.3. The number of benzene rings is 2. The van der Waals surface area contributed by atoms with E-state index < -0.39 is 18.1 Å². The van der Waals surface area contributed by atoms with Gasteiger partial charge < -0.3 is 30.1 Å². The van der Waals surface area contributed by atoms with Crippen LogP contribution in [0.5, 0.6) is 0 Å². The van der Waals surface area contributed by atoms with Gasteiger partial charge in [0.15, 0.2) is 0 Å². The van der Waals surface area contributed by atoms with Crippen molar-refractivity contribution < 1.29 is 33.8 Å². The van der Waals surface area contributed by atoms with Crippen molar-refractivity contribution in [1.29, 1.82) is 0 Å². The predicted octanol–water partition coefficient (Wildman–Crippen LogP) is 4.70. The molecule has 3 amide bonds. The summed E-state index contributed by atoms with van der Waals surface area (Å²) < 4.78 is 11.1. The number of rotatable bonds is 12. The maximum Gasteiger partial charge on any atom is 0.407 e. The summed E-state index contributed by atoms with van der Waals surface area (Å²) in [5.41, 5.74) is 1.96. The molecule has 2 aromatic rings. The van der Waals surface area contributed by atoms with Gasteiger partial charge in [0.05, 0.1) is 30.5 Å². The number of hydrogen-bond acceptors (Lipinski definition) is 7. The first-order valence-electron chi connectivity index (χ1n) is 16.9. The topological polar surface area (TPSA) is 134 Å². The molecule has 2 aliphatic rings. The van der Waals surface area contributed by atoms with Crippen molar-refractivity contribution in [1.82, 2.24) is 15.5 Å². The van der Waals surface area contributed by atoms with Gasteiger partial charge in [-0.25, -0.2) is 4.79 Å². The number of nitrogens with zero attached hydrogens (tertiary/aromatic N) is 1. The van der Waals surface area contributed by atoms with Gasteiger partial charge >= 0.3 is 12.1 Å². The number of aliphatic hydroxyl groups is 1. The minimum Gasteiger partial charge on any atom is -0.463 e. The van der Waals surface area contributed by atoms with Crippen LogP contribution in [0.25, 0.3) is 0 Å². The highest BCUT2D eigenvalue weighted by atomic mass is 16.5. The molecule has 0 saturated carbocycles. The quantitative estimate of drug-likeness (QED) is 0.173. The van der Waals surface area contributed by atoms with Crippen LogP contribution in [0.1, 0.15) is 68.9 Å².